The van der Waals surface area contributed by atoms with Crippen LogP contribution in [0.25, 0.3) is 0 Å². The summed E-state index contributed by atoms with van der Waals surface area (Å²) < 4.78 is 0. The number of rotatable bonds is 2. The summed E-state index contributed by atoms with van der Waals surface area (Å²) in [6.45, 7) is 1.94. The summed E-state index contributed by atoms with van der Waals surface area (Å²) in [7, 11) is 0. The van der Waals surface area contributed by atoms with Crippen LogP contribution in [0.1, 0.15) is 16.7 Å². The lowest BCUT2D eigenvalue weighted by Crippen LogP contribution is -1.95. The van der Waals surface area contributed by atoms with Gasteiger partial charge >= 0.3 is 0 Å². The van der Waals surface area contributed by atoms with E-state index >= 15 is 0 Å². The second-order valence-electron chi connectivity index (χ2n) is 4.02. The summed E-state index contributed by atoms with van der Waals surface area (Å²) in [6, 6.07) is 9.22. The Balaban J connectivity index is 2.44. The molecule has 0 radical (unpaired) electrons. The van der Waals surface area contributed by atoms with Crippen LogP contribution in [-0.2, 0) is 6.42 Å². The highest BCUT2D eigenvalue weighted by Gasteiger charge is 2.11. The van der Waals surface area contributed by atoms with Gasteiger partial charge in [-0.15, -0.1) is 0 Å². The summed E-state index contributed by atoms with van der Waals surface area (Å²) >= 11 is 24.4. The largest absolute Gasteiger partial charge is 0.0840 e. The van der Waals surface area contributed by atoms with E-state index in [1.807, 2.05) is 31.2 Å². The minimum absolute atomic E-state index is 0.558. The van der Waals surface area contributed by atoms with E-state index in [1.54, 1.807) is 6.07 Å². The Hall–Kier alpha value is -0.400. The van der Waals surface area contributed by atoms with Gasteiger partial charge in [0, 0.05) is 16.5 Å². The van der Waals surface area contributed by atoms with Gasteiger partial charge in [-0.1, -0.05) is 58.5 Å². The third-order valence-electron chi connectivity index (χ3n) is 2.88. The fourth-order valence-electron chi connectivity index (χ4n) is 1.78. The number of halogens is 4. The Labute approximate surface area is 126 Å². The summed E-state index contributed by atoms with van der Waals surface area (Å²) in [5.41, 5.74) is 2.93. The van der Waals surface area contributed by atoms with Gasteiger partial charge in [0.25, 0.3) is 0 Å². The normalized spacial score (nSPS) is 10.7. The number of hydrogen-bond acceptors (Lipinski definition) is 0. The van der Waals surface area contributed by atoms with Crippen molar-refractivity contribution in [2.45, 2.75) is 13.3 Å². The first-order chi connectivity index (χ1) is 8.50. The van der Waals surface area contributed by atoms with Crippen molar-refractivity contribution in [1.82, 2.24) is 0 Å². The smallest absolute Gasteiger partial charge is 0.0624 e. The molecular formula is C14H10Cl4. The predicted octanol–water partition coefficient (Wildman–Crippen LogP) is 6.20. The highest BCUT2D eigenvalue weighted by molar-refractivity contribution is 6.42. The van der Waals surface area contributed by atoms with E-state index in [2.05, 4.69) is 0 Å². The number of benzene rings is 2. The molecule has 0 amide bonds. The molecule has 0 aromatic heterocycles. The number of hydrogen-bond donors (Lipinski definition) is 0. The maximum absolute atomic E-state index is 6.16. The zero-order chi connectivity index (χ0) is 13.3. The van der Waals surface area contributed by atoms with Gasteiger partial charge in [-0.2, -0.15) is 0 Å². The molecule has 2 aromatic rings. The maximum atomic E-state index is 6.16. The van der Waals surface area contributed by atoms with Gasteiger partial charge in [0.2, 0.25) is 0 Å². The first-order valence-electron chi connectivity index (χ1n) is 5.37. The lowest BCUT2D eigenvalue weighted by molar-refractivity contribution is 1.16. The first-order valence-corrected chi connectivity index (χ1v) is 6.88. The summed E-state index contributed by atoms with van der Waals surface area (Å²) in [4.78, 5) is 0. The van der Waals surface area contributed by atoms with Crippen molar-refractivity contribution >= 4 is 46.4 Å². The van der Waals surface area contributed by atoms with Gasteiger partial charge in [0.05, 0.1) is 10.0 Å². The molecule has 0 aliphatic rings. The molecule has 4 heteroatoms. The second kappa shape index (κ2) is 5.71. The second-order valence-corrected chi connectivity index (χ2v) is 5.62. The maximum Gasteiger partial charge on any atom is 0.0624 e. The quantitative estimate of drug-likeness (QED) is 0.618. The standard InChI is InChI=1S/C14H10Cl4/c1-8-9(5-6-13(17)14(8)18)7-10-11(15)3-2-4-12(10)16/h2-6H,7H2,1H3. The summed E-state index contributed by atoms with van der Waals surface area (Å²) in [5, 5.41) is 2.46. The van der Waals surface area contributed by atoms with E-state index in [4.69, 9.17) is 46.4 Å². The van der Waals surface area contributed by atoms with Crippen molar-refractivity contribution in [3.63, 3.8) is 0 Å². The minimum Gasteiger partial charge on any atom is -0.0840 e. The van der Waals surface area contributed by atoms with Crippen molar-refractivity contribution in [2.24, 2.45) is 0 Å². The monoisotopic (exact) mass is 318 g/mol. The van der Waals surface area contributed by atoms with Gasteiger partial charge in [0.15, 0.2) is 0 Å². The average molecular weight is 320 g/mol. The Morgan fingerprint density at radius 1 is 0.833 bits per heavy atom. The van der Waals surface area contributed by atoms with Crippen LogP contribution >= 0.6 is 46.4 Å². The Bertz CT molecular complexity index is 570. The van der Waals surface area contributed by atoms with Crippen molar-refractivity contribution < 1.29 is 0 Å². The molecule has 0 N–H and O–H groups in total. The molecule has 0 spiro atoms. The molecule has 0 heterocycles. The SMILES string of the molecule is Cc1c(Cc2c(Cl)cccc2Cl)ccc(Cl)c1Cl. The zero-order valence-electron chi connectivity index (χ0n) is 9.61. The first kappa shape index (κ1) is 14.0. The minimum atomic E-state index is 0.558. The van der Waals surface area contributed by atoms with Crippen LogP contribution in [0.2, 0.25) is 20.1 Å². The van der Waals surface area contributed by atoms with Crippen LogP contribution in [0.5, 0.6) is 0 Å². The molecule has 2 rings (SSSR count). The topological polar surface area (TPSA) is 0 Å². The molecule has 0 nitrogen and oxygen atoms in total. The molecule has 0 unspecified atom stereocenters. The van der Waals surface area contributed by atoms with E-state index in [-0.39, 0.29) is 0 Å². The highest BCUT2D eigenvalue weighted by atomic mass is 35.5. The van der Waals surface area contributed by atoms with Gasteiger partial charge in [0.1, 0.15) is 0 Å². The molecular weight excluding hydrogens is 310 g/mol. The van der Waals surface area contributed by atoms with E-state index in [0.717, 1.165) is 16.7 Å². The molecule has 0 aliphatic heterocycles. The van der Waals surface area contributed by atoms with E-state index in [1.165, 1.54) is 0 Å². The van der Waals surface area contributed by atoms with Crippen LogP contribution in [0.15, 0.2) is 30.3 Å². The van der Waals surface area contributed by atoms with Crippen molar-refractivity contribution in [2.75, 3.05) is 0 Å². The lowest BCUT2D eigenvalue weighted by atomic mass is 10.0. The molecule has 2 aromatic carbocycles. The summed E-state index contributed by atoms with van der Waals surface area (Å²) in [5.74, 6) is 0. The van der Waals surface area contributed by atoms with Crippen LogP contribution in [0, 0.1) is 6.92 Å². The third kappa shape index (κ3) is 2.78. The fourth-order valence-corrected chi connectivity index (χ4v) is 2.70. The van der Waals surface area contributed by atoms with Gasteiger partial charge in [-0.05, 0) is 41.8 Å². The highest BCUT2D eigenvalue weighted by Crippen LogP contribution is 2.32. The third-order valence-corrected chi connectivity index (χ3v) is 4.49. The molecule has 0 saturated carbocycles. The molecule has 0 fully saturated rings. The molecule has 0 saturated heterocycles. The van der Waals surface area contributed by atoms with Crippen LogP contribution in [0.4, 0.5) is 0 Å². The predicted molar refractivity (Wildman–Crippen MR) is 80.5 cm³/mol. The van der Waals surface area contributed by atoms with E-state index in [9.17, 15) is 0 Å². The van der Waals surface area contributed by atoms with Crippen LogP contribution in [0.3, 0.4) is 0 Å². The summed E-state index contributed by atoms with van der Waals surface area (Å²) in [6.07, 6.45) is 0.640. The molecule has 18 heavy (non-hydrogen) atoms. The van der Waals surface area contributed by atoms with Crippen molar-refractivity contribution in [3.8, 4) is 0 Å². The van der Waals surface area contributed by atoms with Gasteiger partial charge < -0.3 is 0 Å². The molecule has 94 valence electrons. The Morgan fingerprint density at radius 3 is 2.06 bits per heavy atom. The Morgan fingerprint density at radius 2 is 1.44 bits per heavy atom. The molecule has 0 bridgehead atoms. The van der Waals surface area contributed by atoms with Gasteiger partial charge in [-0.25, -0.2) is 0 Å². The van der Waals surface area contributed by atoms with Crippen LogP contribution in [-0.4, -0.2) is 0 Å². The van der Waals surface area contributed by atoms with Crippen molar-refractivity contribution in [1.29, 1.82) is 0 Å². The van der Waals surface area contributed by atoms with Crippen LogP contribution < -0.4 is 0 Å². The van der Waals surface area contributed by atoms with Gasteiger partial charge in [-0.3, -0.25) is 0 Å². The fraction of sp³-hybridized carbons (Fsp3) is 0.143. The van der Waals surface area contributed by atoms with E-state index < -0.39 is 0 Å². The molecule has 0 aliphatic carbocycles. The zero-order valence-corrected chi connectivity index (χ0v) is 12.6. The Kier molecular flexibility index (Phi) is 4.45. The average Bonchev–Trinajstić information content (AvgIpc) is 2.34. The van der Waals surface area contributed by atoms with E-state index in [0.29, 0.717) is 26.5 Å². The lowest BCUT2D eigenvalue weighted by Gasteiger charge is -2.11. The van der Waals surface area contributed by atoms with Crippen molar-refractivity contribution in [3.05, 3.63) is 67.1 Å². The molecule has 0 atom stereocenters.